The maximum absolute atomic E-state index is 11.9. The molecule has 1 aromatic rings. The van der Waals surface area contributed by atoms with Gasteiger partial charge in [-0.15, -0.1) is 0 Å². The second-order valence-corrected chi connectivity index (χ2v) is 5.41. The first-order valence-electron chi connectivity index (χ1n) is 5.81. The van der Waals surface area contributed by atoms with Crippen molar-refractivity contribution in [3.05, 3.63) is 17.7 Å². The second kappa shape index (κ2) is 6.58. The van der Waals surface area contributed by atoms with E-state index in [-0.39, 0.29) is 28.6 Å². The number of hydrogen-bond donors (Lipinski definition) is 1. The SMILES string of the molecule is CCCOC(=O)c1cc(S(N)(=O)=O)c(OC)cc1OC. The zero-order valence-electron chi connectivity index (χ0n) is 11.5. The van der Waals surface area contributed by atoms with Gasteiger partial charge < -0.3 is 14.2 Å². The largest absolute Gasteiger partial charge is 0.496 e. The Morgan fingerprint density at radius 1 is 1.20 bits per heavy atom. The molecule has 0 unspecified atom stereocenters. The van der Waals surface area contributed by atoms with Crippen molar-refractivity contribution in [2.24, 2.45) is 5.14 Å². The number of ether oxygens (including phenoxy) is 3. The normalized spacial score (nSPS) is 11.0. The Morgan fingerprint density at radius 3 is 2.25 bits per heavy atom. The van der Waals surface area contributed by atoms with Crippen LogP contribution in [-0.4, -0.2) is 35.2 Å². The molecular weight excluding hydrogens is 286 g/mol. The van der Waals surface area contributed by atoms with Crippen molar-refractivity contribution in [2.45, 2.75) is 18.2 Å². The summed E-state index contributed by atoms with van der Waals surface area (Å²) in [4.78, 5) is 11.6. The van der Waals surface area contributed by atoms with Crippen LogP contribution in [0.25, 0.3) is 0 Å². The van der Waals surface area contributed by atoms with Gasteiger partial charge in [0.15, 0.2) is 0 Å². The predicted molar refractivity (Wildman–Crippen MR) is 71.5 cm³/mol. The van der Waals surface area contributed by atoms with Gasteiger partial charge in [0.2, 0.25) is 10.0 Å². The second-order valence-electron chi connectivity index (χ2n) is 3.88. The van der Waals surface area contributed by atoms with Gasteiger partial charge in [-0.3, -0.25) is 0 Å². The van der Waals surface area contributed by atoms with Crippen LogP contribution in [0, 0.1) is 0 Å². The lowest BCUT2D eigenvalue weighted by atomic mass is 10.2. The number of primary sulfonamides is 1. The van der Waals surface area contributed by atoms with Crippen molar-refractivity contribution in [1.29, 1.82) is 0 Å². The monoisotopic (exact) mass is 303 g/mol. The molecular formula is C12H17NO6S. The van der Waals surface area contributed by atoms with Gasteiger partial charge in [0.05, 0.1) is 20.8 Å². The molecule has 0 spiro atoms. The number of carbonyl (C=O) groups excluding carboxylic acids is 1. The van der Waals surface area contributed by atoms with Gasteiger partial charge >= 0.3 is 5.97 Å². The molecule has 8 heteroatoms. The van der Waals surface area contributed by atoms with Gasteiger partial charge in [-0.2, -0.15) is 0 Å². The molecule has 0 aliphatic heterocycles. The average Bonchev–Trinajstić information content (AvgIpc) is 2.42. The van der Waals surface area contributed by atoms with E-state index in [0.29, 0.717) is 6.42 Å². The molecule has 0 amide bonds. The summed E-state index contributed by atoms with van der Waals surface area (Å²) in [6.45, 7) is 2.06. The van der Waals surface area contributed by atoms with Crippen molar-refractivity contribution >= 4 is 16.0 Å². The molecule has 2 N–H and O–H groups in total. The van der Waals surface area contributed by atoms with Crippen LogP contribution in [0.3, 0.4) is 0 Å². The van der Waals surface area contributed by atoms with Crippen LogP contribution < -0.4 is 14.6 Å². The topological polar surface area (TPSA) is 105 Å². The molecule has 112 valence electrons. The summed E-state index contributed by atoms with van der Waals surface area (Å²) < 4.78 is 38.0. The lowest BCUT2D eigenvalue weighted by Crippen LogP contribution is -2.16. The maximum Gasteiger partial charge on any atom is 0.341 e. The van der Waals surface area contributed by atoms with Gasteiger partial charge in [-0.1, -0.05) is 6.92 Å². The third kappa shape index (κ3) is 3.61. The molecule has 0 atom stereocenters. The van der Waals surface area contributed by atoms with Crippen molar-refractivity contribution in [3.63, 3.8) is 0 Å². The zero-order chi connectivity index (χ0) is 15.3. The van der Waals surface area contributed by atoms with Crippen LogP contribution in [0.5, 0.6) is 11.5 Å². The first kappa shape index (κ1) is 16.3. The number of carbonyl (C=O) groups is 1. The fraction of sp³-hybridized carbons (Fsp3) is 0.417. The van der Waals surface area contributed by atoms with Crippen LogP contribution in [-0.2, 0) is 14.8 Å². The molecule has 0 aliphatic carbocycles. The van der Waals surface area contributed by atoms with Crippen LogP contribution in [0.4, 0.5) is 0 Å². The van der Waals surface area contributed by atoms with E-state index in [2.05, 4.69) is 0 Å². The number of rotatable bonds is 6. The quantitative estimate of drug-likeness (QED) is 0.783. The lowest BCUT2D eigenvalue weighted by molar-refractivity contribution is 0.0501. The van der Waals surface area contributed by atoms with Gasteiger partial charge in [-0.05, 0) is 12.5 Å². The molecule has 0 bridgehead atoms. The fourth-order valence-corrected chi connectivity index (χ4v) is 2.23. The minimum atomic E-state index is -4.04. The van der Waals surface area contributed by atoms with E-state index in [9.17, 15) is 13.2 Å². The van der Waals surface area contributed by atoms with E-state index in [0.717, 1.165) is 6.07 Å². The highest BCUT2D eigenvalue weighted by molar-refractivity contribution is 7.89. The molecule has 1 aromatic carbocycles. The molecule has 0 saturated heterocycles. The van der Waals surface area contributed by atoms with Crippen molar-refractivity contribution in [3.8, 4) is 11.5 Å². The van der Waals surface area contributed by atoms with Crippen LogP contribution in [0.1, 0.15) is 23.7 Å². The fourth-order valence-electron chi connectivity index (χ4n) is 1.52. The number of benzene rings is 1. The summed E-state index contributed by atoms with van der Waals surface area (Å²) in [6.07, 6.45) is 0.645. The average molecular weight is 303 g/mol. The lowest BCUT2D eigenvalue weighted by Gasteiger charge is -2.13. The molecule has 0 radical (unpaired) electrons. The standard InChI is InChI=1S/C12H17NO6S/c1-4-5-19-12(14)8-6-11(20(13,15)16)10(18-3)7-9(8)17-2/h6-7H,4-5H2,1-3H3,(H2,13,15,16). The number of methoxy groups -OCH3 is 2. The minimum absolute atomic E-state index is 0.00334. The summed E-state index contributed by atoms with van der Waals surface area (Å²) >= 11 is 0. The van der Waals surface area contributed by atoms with Crippen LogP contribution >= 0.6 is 0 Å². The minimum Gasteiger partial charge on any atom is -0.496 e. The molecule has 7 nitrogen and oxygen atoms in total. The molecule has 0 heterocycles. The van der Waals surface area contributed by atoms with Gasteiger partial charge in [0.25, 0.3) is 0 Å². The van der Waals surface area contributed by atoms with Crippen molar-refractivity contribution in [1.82, 2.24) is 0 Å². The van der Waals surface area contributed by atoms with E-state index in [1.807, 2.05) is 6.92 Å². The van der Waals surface area contributed by atoms with Crippen LogP contribution in [0.2, 0.25) is 0 Å². The van der Waals surface area contributed by atoms with Crippen molar-refractivity contribution < 1.29 is 27.4 Å². The van der Waals surface area contributed by atoms with E-state index in [1.54, 1.807) is 0 Å². The summed E-state index contributed by atoms with van der Waals surface area (Å²) in [5.41, 5.74) is -0.0224. The smallest absolute Gasteiger partial charge is 0.341 e. The van der Waals surface area contributed by atoms with Gasteiger partial charge in [0, 0.05) is 6.07 Å². The Balaban J connectivity index is 3.40. The number of nitrogens with two attached hydrogens (primary N) is 1. The highest BCUT2D eigenvalue weighted by atomic mass is 32.2. The molecule has 0 fully saturated rings. The highest BCUT2D eigenvalue weighted by Crippen LogP contribution is 2.32. The Morgan fingerprint density at radius 2 is 1.80 bits per heavy atom. The zero-order valence-corrected chi connectivity index (χ0v) is 12.3. The van der Waals surface area contributed by atoms with Crippen molar-refractivity contribution in [2.75, 3.05) is 20.8 Å². The Hall–Kier alpha value is -1.80. The summed E-state index contributed by atoms with van der Waals surface area (Å²) in [6, 6.07) is 2.37. The predicted octanol–water partition coefficient (Wildman–Crippen LogP) is 0.918. The Bertz CT molecular complexity index is 596. The number of hydrogen-bond acceptors (Lipinski definition) is 6. The summed E-state index contributed by atoms with van der Waals surface area (Å²) in [7, 11) is -1.40. The van der Waals surface area contributed by atoms with E-state index in [4.69, 9.17) is 19.3 Å². The molecule has 20 heavy (non-hydrogen) atoms. The Labute approximate surface area is 117 Å². The van der Waals surface area contributed by atoms with Gasteiger partial charge in [-0.25, -0.2) is 18.4 Å². The van der Waals surface area contributed by atoms with Gasteiger partial charge in [0.1, 0.15) is 22.0 Å². The summed E-state index contributed by atoms with van der Waals surface area (Å²) in [5.74, 6) is -0.539. The number of sulfonamides is 1. The van der Waals surface area contributed by atoms with E-state index < -0.39 is 16.0 Å². The molecule has 1 rings (SSSR count). The van der Waals surface area contributed by atoms with E-state index in [1.165, 1.54) is 20.3 Å². The first-order valence-corrected chi connectivity index (χ1v) is 7.35. The molecule has 0 aliphatic rings. The highest BCUT2D eigenvalue weighted by Gasteiger charge is 2.23. The Kier molecular flexibility index (Phi) is 5.34. The number of esters is 1. The molecule has 0 saturated carbocycles. The van der Waals surface area contributed by atoms with E-state index >= 15 is 0 Å². The van der Waals surface area contributed by atoms with Crippen LogP contribution in [0.15, 0.2) is 17.0 Å². The third-order valence-corrected chi connectivity index (χ3v) is 3.38. The maximum atomic E-state index is 11.9. The molecule has 0 aromatic heterocycles. The third-order valence-electron chi connectivity index (χ3n) is 2.45. The summed E-state index contributed by atoms with van der Waals surface area (Å²) in [5, 5.41) is 5.09. The first-order chi connectivity index (χ1) is 9.35.